The largest absolute Gasteiger partial charge is 0.374 e. The van der Waals surface area contributed by atoms with Gasteiger partial charge in [0.15, 0.2) is 5.79 Å². The maximum absolute atomic E-state index is 6.14. The molecule has 0 spiro atoms. The molecule has 0 bridgehead atoms. The number of ether oxygens (including phenoxy) is 3. The molecule has 2 fully saturated rings. The van der Waals surface area contributed by atoms with Crippen molar-refractivity contribution in [2.24, 2.45) is 0 Å². The molecule has 128 valence electrons. The van der Waals surface area contributed by atoms with Crippen molar-refractivity contribution in [2.75, 3.05) is 18.1 Å². The van der Waals surface area contributed by atoms with Gasteiger partial charge < -0.3 is 14.2 Å². The van der Waals surface area contributed by atoms with Crippen LogP contribution in [0.4, 0.5) is 0 Å². The first-order chi connectivity index (χ1) is 11.1. The maximum Gasteiger partial charge on any atom is 0.163 e. The molecule has 0 aliphatic carbocycles. The van der Waals surface area contributed by atoms with Crippen molar-refractivity contribution >= 4 is 23.5 Å². The summed E-state index contributed by atoms with van der Waals surface area (Å²) < 4.78 is 18.7. The van der Waals surface area contributed by atoms with Crippen molar-refractivity contribution in [2.45, 2.75) is 55.9 Å². The molecule has 0 amide bonds. The van der Waals surface area contributed by atoms with Gasteiger partial charge in [0.2, 0.25) is 0 Å². The smallest absolute Gasteiger partial charge is 0.163 e. The van der Waals surface area contributed by atoms with Crippen molar-refractivity contribution < 1.29 is 14.2 Å². The Labute approximate surface area is 147 Å². The minimum Gasteiger partial charge on any atom is -0.374 e. The highest BCUT2D eigenvalue weighted by Gasteiger charge is 2.42. The van der Waals surface area contributed by atoms with Gasteiger partial charge in [-0.1, -0.05) is 30.3 Å². The Morgan fingerprint density at radius 1 is 1.09 bits per heavy atom. The minimum absolute atomic E-state index is 0.0249. The summed E-state index contributed by atoms with van der Waals surface area (Å²) in [6, 6.07) is 10.3. The summed E-state index contributed by atoms with van der Waals surface area (Å²) in [4.78, 5) is 0. The van der Waals surface area contributed by atoms with Crippen LogP contribution in [0.25, 0.3) is 0 Å². The van der Waals surface area contributed by atoms with Gasteiger partial charge in [-0.25, -0.2) is 0 Å². The van der Waals surface area contributed by atoms with Crippen LogP contribution in [0, 0.1) is 0 Å². The molecule has 0 unspecified atom stereocenters. The Kier molecular flexibility index (Phi) is 6.32. The van der Waals surface area contributed by atoms with E-state index < -0.39 is 5.79 Å². The first-order valence-corrected chi connectivity index (χ1v) is 10.4. The summed E-state index contributed by atoms with van der Waals surface area (Å²) >= 11 is 4.12. The molecule has 3 rings (SSSR count). The van der Waals surface area contributed by atoms with Gasteiger partial charge in [0.05, 0.1) is 23.9 Å². The van der Waals surface area contributed by atoms with Gasteiger partial charge in [-0.2, -0.15) is 0 Å². The summed E-state index contributed by atoms with van der Waals surface area (Å²) in [6.07, 6.45) is 2.52. The monoisotopic (exact) mass is 354 g/mol. The number of thioether (sulfide) groups is 2. The molecule has 3 nitrogen and oxygen atoms in total. The Balaban J connectivity index is 1.50. The Hall–Kier alpha value is -0.200. The van der Waals surface area contributed by atoms with E-state index in [-0.39, 0.29) is 12.2 Å². The van der Waals surface area contributed by atoms with E-state index in [0.717, 1.165) is 6.42 Å². The SMILES string of the molecule is CC1(C)O[C@H](COCc2ccccc2)[C@@H](CC2SCCCS2)O1. The third-order valence-corrected chi connectivity index (χ3v) is 6.99. The van der Waals surface area contributed by atoms with Gasteiger partial charge in [-0.3, -0.25) is 0 Å². The fraction of sp³-hybridized carbons (Fsp3) is 0.667. The topological polar surface area (TPSA) is 27.7 Å². The Bertz CT molecular complexity index is 474. The minimum atomic E-state index is -0.505. The molecule has 0 saturated carbocycles. The standard InChI is InChI=1S/C18H26O3S2/c1-18(2)20-15(11-17-22-9-6-10-23-17)16(21-18)13-19-12-14-7-4-3-5-8-14/h3-5,7-8,15-17H,6,9-13H2,1-2H3/t15-,16-/m1/s1. The average Bonchev–Trinajstić information content (AvgIpc) is 2.83. The third kappa shape index (κ3) is 5.40. The van der Waals surface area contributed by atoms with Gasteiger partial charge >= 0.3 is 0 Å². The lowest BCUT2D eigenvalue weighted by Gasteiger charge is -2.25. The Morgan fingerprint density at radius 3 is 2.52 bits per heavy atom. The lowest BCUT2D eigenvalue weighted by atomic mass is 10.1. The summed E-state index contributed by atoms with van der Waals surface area (Å²) in [5, 5.41) is 0. The van der Waals surface area contributed by atoms with E-state index in [4.69, 9.17) is 14.2 Å². The molecular formula is C18H26O3S2. The molecule has 0 aromatic heterocycles. The van der Waals surface area contributed by atoms with Crippen molar-refractivity contribution in [1.82, 2.24) is 0 Å². The molecule has 2 saturated heterocycles. The van der Waals surface area contributed by atoms with Crippen LogP contribution >= 0.6 is 23.5 Å². The highest BCUT2D eigenvalue weighted by molar-refractivity contribution is 8.17. The van der Waals surface area contributed by atoms with Crippen molar-refractivity contribution in [3.8, 4) is 0 Å². The second-order valence-corrected chi connectivity index (χ2v) is 9.39. The molecule has 2 aliphatic heterocycles. The summed E-state index contributed by atoms with van der Waals surface area (Å²) in [5.41, 5.74) is 1.20. The van der Waals surface area contributed by atoms with Gasteiger partial charge in [-0.15, -0.1) is 23.5 Å². The highest BCUT2D eigenvalue weighted by atomic mass is 32.2. The van der Waals surface area contributed by atoms with Crippen LogP contribution in [0.2, 0.25) is 0 Å². The number of hydrogen-bond donors (Lipinski definition) is 0. The summed E-state index contributed by atoms with van der Waals surface area (Å²) in [7, 11) is 0. The zero-order valence-electron chi connectivity index (χ0n) is 13.9. The van der Waals surface area contributed by atoms with Gasteiger partial charge in [-0.05, 0) is 43.8 Å². The number of hydrogen-bond acceptors (Lipinski definition) is 5. The fourth-order valence-electron chi connectivity index (χ4n) is 2.98. The van der Waals surface area contributed by atoms with E-state index in [9.17, 15) is 0 Å². The second kappa shape index (κ2) is 8.26. The molecule has 2 aliphatic rings. The molecule has 5 heteroatoms. The molecular weight excluding hydrogens is 328 g/mol. The van der Waals surface area contributed by atoms with Gasteiger partial charge in [0.25, 0.3) is 0 Å². The second-order valence-electron chi connectivity index (χ2n) is 6.47. The number of rotatable bonds is 6. The zero-order valence-corrected chi connectivity index (χ0v) is 15.5. The van der Waals surface area contributed by atoms with Crippen molar-refractivity contribution in [3.05, 3.63) is 35.9 Å². The predicted molar refractivity (Wildman–Crippen MR) is 97.9 cm³/mol. The molecule has 2 atom stereocenters. The van der Waals surface area contributed by atoms with Gasteiger partial charge in [0, 0.05) is 0 Å². The van der Waals surface area contributed by atoms with E-state index >= 15 is 0 Å². The summed E-state index contributed by atoms with van der Waals surface area (Å²) in [6.45, 7) is 5.21. The van der Waals surface area contributed by atoms with Crippen molar-refractivity contribution in [3.63, 3.8) is 0 Å². The van der Waals surface area contributed by atoms with Crippen LogP contribution in [0.5, 0.6) is 0 Å². The van der Waals surface area contributed by atoms with Crippen LogP contribution in [-0.4, -0.2) is 40.7 Å². The maximum atomic E-state index is 6.14. The van der Waals surface area contributed by atoms with Crippen LogP contribution in [0.3, 0.4) is 0 Å². The van der Waals surface area contributed by atoms with Crippen LogP contribution in [0.1, 0.15) is 32.3 Å². The molecule has 23 heavy (non-hydrogen) atoms. The molecule has 1 aromatic rings. The predicted octanol–water partition coefficient (Wildman–Crippen LogP) is 4.31. The first-order valence-electron chi connectivity index (χ1n) is 8.33. The fourth-order valence-corrected chi connectivity index (χ4v) is 5.92. The van der Waals surface area contributed by atoms with Gasteiger partial charge in [0.1, 0.15) is 6.10 Å². The van der Waals surface area contributed by atoms with Crippen LogP contribution in [-0.2, 0) is 20.8 Å². The van der Waals surface area contributed by atoms with E-state index in [1.165, 1.54) is 23.5 Å². The molecule has 0 N–H and O–H groups in total. The van der Waals surface area contributed by atoms with E-state index in [0.29, 0.717) is 17.8 Å². The highest BCUT2D eigenvalue weighted by Crippen LogP contribution is 2.38. The first kappa shape index (κ1) is 17.6. The molecule has 2 heterocycles. The van der Waals surface area contributed by atoms with Crippen LogP contribution in [0.15, 0.2) is 30.3 Å². The number of benzene rings is 1. The summed E-state index contributed by atoms with van der Waals surface area (Å²) in [5.74, 6) is 2.03. The van der Waals surface area contributed by atoms with E-state index in [1.54, 1.807) is 0 Å². The van der Waals surface area contributed by atoms with Crippen molar-refractivity contribution in [1.29, 1.82) is 0 Å². The lowest BCUT2D eigenvalue weighted by molar-refractivity contribution is -0.151. The third-order valence-electron chi connectivity index (χ3n) is 4.00. The quantitative estimate of drug-likeness (QED) is 0.759. The van der Waals surface area contributed by atoms with E-state index in [1.807, 2.05) is 32.0 Å². The Morgan fingerprint density at radius 2 is 1.78 bits per heavy atom. The molecule has 1 aromatic carbocycles. The lowest BCUT2D eigenvalue weighted by Crippen LogP contribution is -2.30. The average molecular weight is 355 g/mol. The zero-order chi connectivity index (χ0) is 16.1. The molecule has 0 radical (unpaired) electrons. The van der Waals surface area contributed by atoms with Crippen LogP contribution < -0.4 is 0 Å². The normalized spacial score (nSPS) is 28.1. The van der Waals surface area contributed by atoms with E-state index in [2.05, 4.69) is 35.7 Å².